The molecule has 1 atom stereocenters. The number of Topliss-reactive ketones (excluding diaryl/α,β-unsaturated/α-hetero) is 1. The number of carbonyl (C=O) groups is 1. The fraction of sp³-hybridized carbons (Fsp3) is 0.692. The molecule has 0 radical (unpaired) electrons. The molecule has 16 heavy (non-hydrogen) atoms. The van der Waals surface area contributed by atoms with Crippen molar-refractivity contribution in [3.8, 4) is 0 Å². The van der Waals surface area contributed by atoms with E-state index in [4.69, 9.17) is 0 Å². The molecule has 0 bridgehead atoms. The number of rotatable bonds is 7. The zero-order valence-electron chi connectivity index (χ0n) is 10.6. The van der Waals surface area contributed by atoms with Crippen LogP contribution in [-0.2, 0) is 18.3 Å². The Balaban J connectivity index is 2.49. The number of carbonyl (C=O) groups excluding carboxylic acids is 1. The molecule has 0 amide bonds. The van der Waals surface area contributed by atoms with E-state index < -0.39 is 0 Å². The van der Waals surface area contributed by atoms with Crippen LogP contribution in [0.15, 0.2) is 12.4 Å². The van der Waals surface area contributed by atoms with E-state index in [2.05, 4.69) is 18.9 Å². The normalized spacial score (nSPS) is 12.7. The van der Waals surface area contributed by atoms with E-state index in [0.717, 1.165) is 31.2 Å². The van der Waals surface area contributed by atoms with Crippen LogP contribution in [-0.4, -0.2) is 15.6 Å². The quantitative estimate of drug-likeness (QED) is 0.711. The lowest BCUT2D eigenvalue weighted by Crippen LogP contribution is -2.16. The summed E-state index contributed by atoms with van der Waals surface area (Å²) < 4.78 is 1.75. The third-order valence-electron chi connectivity index (χ3n) is 2.99. The second-order valence-corrected chi connectivity index (χ2v) is 4.41. The smallest absolute Gasteiger partial charge is 0.140 e. The molecule has 0 aliphatic rings. The van der Waals surface area contributed by atoms with Crippen molar-refractivity contribution in [1.29, 1.82) is 0 Å². The van der Waals surface area contributed by atoms with Gasteiger partial charge in [0, 0.05) is 25.6 Å². The van der Waals surface area contributed by atoms with E-state index >= 15 is 0 Å². The Morgan fingerprint density at radius 1 is 1.50 bits per heavy atom. The maximum absolute atomic E-state index is 12.0. The lowest BCUT2D eigenvalue weighted by Gasteiger charge is -2.12. The third kappa shape index (κ3) is 3.80. The third-order valence-corrected chi connectivity index (χ3v) is 2.99. The average Bonchev–Trinajstić information content (AvgIpc) is 2.65. The first-order valence-electron chi connectivity index (χ1n) is 6.17. The number of hydrogen-bond acceptors (Lipinski definition) is 2. The summed E-state index contributed by atoms with van der Waals surface area (Å²) in [6, 6.07) is 0. The minimum Gasteiger partial charge on any atom is -0.299 e. The highest BCUT2D eigenvalue weighted by molar-refractivity contribution is 5.83. The number of hydrogen-bond donors (Lipinski definition) is 0. The first-order chi connectivity index (χ1) is 7.67. The van der Waals surface area contributed by atoms with Crippen LogP contribution in [0, 0.1) is 5.92 Å². The van der Waals surface area contributed by atoms with Crippen LogP contribution in [0.2, 0.25) is 0 Å². The molecule has 0 fully saturated rings. The first-order valence-corrected chi connectivity index (χ1v) is 6.17. The van der Waals surface area contributed by atoms with E-state index in [1.807, 2.05) is 13.2 Å². The Morgan fingerprint density at radius 3 is 2.75 bits per heavy atom. The minimum atomic E-state index is 0.236. The summed E-state index contributed by atoms with van der Waals surface area (Å²) in [5.74, 6) is 0.601. The van der Waals surface area contributed by atoms with Crippen molar-refractivity contribution >= 4 is 5.78 Å². The summed E-state index contributed by atoms with van der Waals surface area (Å²) in [5, 5.41) is 4.08. The van der Waals surface area contributed by atoms with Gasteiger partial charge in [-0.05, 0) is 18.4 Å². The van der Waals surface area contributed by atoms with Crippen molar-refractivity contribution in [3.63, 3.8) is 0 Å². The fourth-order valence-corrected chi connectivity index (χ4v) is 1.95. The predicted octanol–water partition coefficient (Wildman–Crippen LogP) is 2.75. The molecular formula is C13H22N2O. The van der Waals surface area contributed by atoms with Gasteiger partial charge in [-0.3, -0.25) is 9.48 Å². The molecule has 0 N–H and O–H groups in total. The largest absolute Gasteiger partial charge is 0.299 e. The van der Waals surface area contributed by atoms with Crippen molar-refractivity contribution in [3.05, 3.63) is 18.0 Å². The van der Waals surface area contributed by atoms with Crippen molar-refractivity contribution in [1.82, 2.24) is 9.78 Å². The number of unbranched alkanes of at least 4 members (excludes halogenated alkanes) is 1. The molecule has 0 aliphatic heterocycles. The number of nitrogens with zero attached hydrogens (tertiary/aromatic N) is 2. The van der Waals surface area contributed by atoms with Crippen molar-refractivity contribution in [2.45, 2.75) is 46.0 Å². The monoisotopic (exact) mass is 222 g/mol. The van der Waals surface area contributed by atoms with Crippen LogP contribution in [0.3, 0.4) is 0 Å². The van der Waals surface area contributed by atoms with Crippen LogP contribution in [0.1, 0.15) is 45.1 Å². The van der Waals surface area contributed by atoms with Gasteiger partial charge < -0.3 is 0 Å². The summed E-state index contributed by atoms with van der Waals surface area (Å²) in [5.41, 5.74) is 1.03. The standard InChI is InChI=1S/C13H22N2O/c1-4-6-7-12(5-2)13(16)8-11-9-14-15(3)10-11/h9-10,12H,4-8H2,1-3H3. The lowest BCUT2D eigenvalue weighted by molar-refractivity contribution is -0.122. The lowest BCUT2D eigenvalue weighted by atomic mass is 9.92. The molecule has 0 spiro atoms. The van der Waals surface area contributed by atoms with Crippen LogP contribution >= 0.6 is 0 Å². The summed E-state index contributed by atoms with van der Waals surface area (Å²) in [6.07, 6.45) is 8.55. The maximum Gasteiger partial charge on any atom is 0.140 e. The van der Waals surface area contributed by atoms with Gasteiger partial charge in [-0.15, -0.1) is 0 Å². The molecule has 3 heteroatoms. The van der Waals surface area contributed by atoms with Gasteiger partial charge in [0.2, 0.25) is 0 Å². The first kappa shape index (κ1) is 12.9. The van der Waals surface area contributed by atoms with Crippen LogP contribution in [0.5, 0.6) is 0 Å². The number of aromatic nitrogens is 2. The van der Waals surface area contributed by atoms with Crippen LogP contribution in [0.25, 0.3) is 0 Å². The molecule has 1 heterocycles. The summed E-state index contributed by atoms with van der Waals surface area (Å²) >= 11 is 0. The zero-order chi connectivity index (χ0) is 12.0. The Hall–Kier alpha value is -1.12. The molecule has 3 nitrogen and oxygen atoms in total. The van der Waals surface area contributed by atoms with Crippen LogP contribution in [0.4, 0.5) is 0 Å². The number of aryl methyl sites for hydroxylation is 1. The summed E-state index contributed by atoms with van der Waals surface area (Å²) in [4.78, 5) is 12.0. The van der Waals surface area contributed by atoms with E-state index in [-0.39, 0.29) is 5.92 Å². The minimum absolute atomic E-state index is 0.236. The van der Waals surface area contributed by atoms with Gasteiger partial charge in [0.15, 0.2) is 0 Å². The predicted molar refractivity (Wildman–Crippen MR) is 65.2 cm³/mol. The second kappa shape index (κ2) is 6.46. The highest BCUT2D eigenvalue weighted by Gasteiger charge is 2.16. The van der Waals surface area contributed by atoms with Crippen molar-refractivity contribution < 1.29 is 4.79 Å². The maximum atomic E-state index is 12.0. The van der Waals surface area contributed by atoms with Gasteiger partial charge in [-0.1, -0.05) is 26.7 Å². The van der Waals surface area contributed by atoms with Gasteiger partial charge in [-0.2, -0.15) is 5.10 Å². The summed E-state index contributed by atoms with van der Waals surface area (Å²) in [6.45, 7) is 4.26. The molecule has 1 aromatic heterocycles. The molecule has 1 aromatic rings. The van der Waals surface area contributed by atoms with Crippen molar-refractivity contribution in [2.24, 2.45) is 13.0 Å². The highest BCUT2D eigenvalue weighted by atomic mass is 16.1. The molecule has 1 unspecified atom stereocenters. The van der Waals surface area contributed by atoms with Crippen LogP contribution < -0.4 is 0 Å². The number of ketones is 1. The van der Waals surface area contributed by atoms with Gasteiger partial charge in [0.25, 0.3) is 0 Å². The topological polar surface area (TPSA) is 34.9 Å². The molecule has 0 aromatic carbocycles. The van der Waals surface area contributed by atoms with E-state index in [9.17, 15) is 4.79 Å². The Labute approximate surface area is 97.8 Å². The molecule has 0 saturated heterocycles. The van der Waals surface area contributed by atoms with Gasteiger partial charge in [0.1, 0.15) is 5.78 Å². The Bertz CT molecular complexity index is 330. The fourth-order valence-electron chi connectivity index (χ4n) is 1.95. The van der Waals surface area contributed by atoms with Crippen molar-refractivity contribution in [2.75, 3.05) is 0 Å². The Kier molecular flexibility index (Phi) is 5.23. The molecule has 0 saturated carbocycles. The second-order valence-electron chi connectivity index (χ2n) is 4.41. The zero-order valence-corrected chi connectivity index (χ0v) is 10.6. The highest BCUT2D eigenvalue weighted by Crippen LogP contribution is 2.16. The molecule has 90 valence electrons. The van der Waals surface area contributed by atoms with E-state index in [1.54, 1.807) is 10.9 Å². The SMILES string of the molecule is CCCCC(CC)C(=O)Cc1cnn(C)c1. The van der Waals surface area contributed by atoms with E-state index in [1.165, 1.54) is 0 Å². The van der Waals surface area contributed by atoms with Gasteiger partial charge >= 0.3 is 0 Å². The Morgan fingerprint density at radius 2 is 2.25 bits per heavy atom. The molecule has 1 rings (SSSR count). The van der Waals surface area contributed by atoms with E-state index in [0.29, 0.717) is 12.2 Å². The molecule has 0 aliphatic carbocycles. The summed E-state index contributed by atoms with van der Waals surface area (Å²) in [7, 11) is 1.88. The van der Waals surface area contributed by atoms with Gasteiger partial charge in [0.05, 0.1) is 6.20 Å². The average molecular weight is 222 g/mol. The van der Waals surface area contributed by atoms with Gasteiger partial charge in [-0.25, -0.2) is 0 Å². The molecular weight excluding hydrogens is 200 g/mol.